The van der Waals surface area contributed by atoms with Crippen LogP contribution in [0.15, 0.2) is 24.3 Å². The van der Waals surface area contributed by atoms with Crippen LogP contribution in [-0.4, -0.2) is 72.4 Å². The Hall–Kier alpha value is -1.63. The van der Waals surface area contributed by atoms with Crippen LogP contribution in [0.5, 0.6) is 5.75 Å². The summed E-state index contributed by atoms with van der Waals surface area (Å²) >= 11 is 0. The highest BCUT2D eigenvalue weighted by Crippen LogP contribution is 2.34. The van der Waals surface area contributed by atoms with E-state index >= 15 is 0 Å². The molecule has 3 aliphatic rings. The van der Waals surface area contributed by atoms with Gasteiger partial charge in [-0.15, -0.1) is 0 Å². The molecule has 2 aliphatic heterocycles. The predicted octanol–water partition coefficient (Wildman–Crippen LogP) is 0.879. The lowest BCUT2D eigenvalue weighted by atomic mass is 10.1. The topological polar surface area (TPSA) is 62.2 Å². The molecule has 4 rings (SSSR count). The Morgan fingerprint density at radius 3 is 2.96 bits per heavy atom. The Balaban J connectivity index is 1.41. The van der Waals surface area contributed by atoms with Crippen molar-refractivity contribution >= 4 is 5.91 Å². The van der Waals surface area contributed by atoms with Crippen LogP contribution in [-0.2, 0) is 16.1 Å². The molecule has 6 heteroatoms. The van der Waals surface area contributed by atoms with Crippen LogP contribution < -0.4 is 4.74 Å². The summed E-state index contributed by atoms with van der Waals surface area (Å²) in [5.74, 6) is 1.34. The highest BCUT2D eigenvalue weighted by molar-refractivity contribution is 5.79. The van der Waals surface area contributed by atoms with Gasteiger partial charge in [-0.1, -0.05) is 18.2 Å². The molecule has 1 aliphatic carbocycles. The fourth-order valence-corrected chi connectivity index (χ4v) is 4.31. The maximum Gasteiger partial charge on any atom is 0.237 e. The van der Waals surface area contributed by atoms with Crippen molar-refractivity contribution in [3.63, 3.8) is 0 Å². The molecule has 25 heavy (non-hydrogen) atoms. The third-order valence-electron chi connectivity index (χ3n) is 5.60. The van der Waals surface area contributed by atoms with Gasteiger partial charge in [0.2, 0.25) is 5.91 Å². The summed E-state index contributed by atoms with van der Waals surface area (Å²) in [5.41, 5.74) is 1.13. The lowest BCUT2D eigenvalue weighted by molar-refractivity contribution is -0.145. The van der Waals surface area contributed by atoms with Crippen LogP contribution in [0.1, 0.15) is 18.4 Å². The van der Waals surface area contributed by atoms with E-state index in [-0.39, 0.29) is 30.6 Å². The first kappa shape index (κ1) is 16.8. The average Bonchev–Trinajstić information content (AvgIpc) is 2.95. The molecule has 1 N–H and O–H groups in total. The summed E-state index contributed by atoms with van der Waals surface area (Å²) in [5, 5.41) is 9.44. The molecule has 1 saturated heterocycles. The molecule has 2 heterocycles. The fraction of sp³-hybridized carbons (Fsp3) is 0.632. The zero-order valence-electron chi connectivity index (χ0n) is 14.5. The largest absolute Gasteiger partial charge is 0.492 e. The number of ether oxygens (including phenoxy) is 2. The normalized spacial score (nSPS) is 29.5. The van der Waals surface area contributed by atoms with Gasteiger partial charge in [0.15, 0.2) is 0 Å². The molecular formula is C19H26N2O4. The van der Waals surface area contributed by atoms with Gasteiger partial charge in [0.1, 0.15) is 12.4 Å². The number of carbonyl (C=O) groups excluding carboxylic acids is 1. The van der Waals surface area contributed by atoms with Gasteiger partial charge < -0.3 is 19.5 Å². The number of hydrogen-bond donors (Lipinski definition) is 1. The van der Waals surface area contributed by atoms with Crippen LogP contribution in [0.25, 0.3) is 0 Å². The van der Waals surface area contributed by atoms with E-state index < -0.39 is 0 Å². The lowest BCUT2D eigenvalue weighted by Gasteiger charge is -2.38. The Morgan fingerprint density at radius 2 is 2.08 bits per heavy atom. The van der Waals surface area contributed by atoms with Crippen molar-refractivity contribution in [2.75, 3.05) is 39.5 Å². The Labute approximate surface area is 148 Å². The maximum atomic E-state index is 13.0. The van der Waals surface area contributed by atoms with Crippen LogP contribution >= 0.6 is 0 Å². The van der Waals surface area contributed by atoms with Crippen molar-refractivity contribution < 1.29 is 19.4 Å². The van der Waals surface area contributed by atoms with Gasteiger partial charge in [0, 0.05) is 31.8 Å². The van der Waals surface area contributed by atoms with Gasteiger partial charge in [-0.25, -0.2) is 0 Å². The number of para-hydroxylation sites is 1. The molecule has 6 nitrogen and oxygen atoms in total. The molecule has 0 radical (unpaired) electrons. The molecule has 1 aromatic carbocycles. The summed E-state index contributed by atoms with van der Waals surface area (Å²) in [6, 6.07) is 8.15. The highest BCUT2D eigenvalue weighted by atomic mass is 16.5. The first-order chi connectivity index (χ1) is 12.2. The molecule has 0 aromatic heterocycles. The van der Waals surface area contributed by atoms with E-state index in [1.807, 2.05) is 23.1 Å². The van der Waals surface area contributed by atoms with Crippen LogP contribution in [0.4, 0.5) is 0 Å². The number of rotatable bonds is 3. The summed E-state index contributed by atoms with van der Waals surface area (Å²) in [6.45, 7) is 3.92. The van der Waals surface area contributed by atoms with Gasteiger partial charge in [-0.2, -0.15) is 0 Å². The number of aliphatic hydroxyl groups is 1. The molecule has 1 saturated carbocycles. The van der Waals surface area contributed by atoms with Crippen molar-refractivity contribution in [1.82, 2.24) is 9.80 Å². The van der Waals surface area contributed by atoms with E-state index in [2.05, 4.69) is 11.0 Å². The fourth-order valence-electron chi connectivity index (χ4n) is 4.31. The first-order valence-electron chi connectivity index (χ1n) is 9.19. The molecule has 2 fully saturated rings. The molecule has 1 aromatic rings. The van der Waals surface area contributed by atoms with E-state index in [0.29, 0.717) is 26.3 Å². The summed E-state index contributed by atoms with van der Waals surface area (Å²) in [6.07, 6.45) is 1.79. The van der Waals surface area contributed by atoms with E-state index in [4.69, 9.17) is 9.47 Å². The third kappa shape index (κ3) is 3.52. The zero-order chi connectivity index (χ0) is 17.2. The van der Waals surface area contributed by atoms with Crippen LogP contribution in [0, 0.1) is 5.92 Å². The Kier molecular flexibility index (Phi) is 4.92. The molecule has 0 unspecified atom stereocenters. The van der Waals surface area contributed by atoms with Gasteiger partial charge in [0.05, 0.1) is 25.3 Å². The number of hydrogen-bond acceptors (Lipinski definition) is 5. The molecular weight excluding hydrogens is 320 g/mol. The van der Waals surface area contributed by atoms with E-state index in [0.717, 1.165) is 37.2 Å². The predicted molar refractivity (Wildman–Crippen MR) is 92.3 cm³/mol. The maximum absolute atomic E-state index is 13.0. The van der Waals surface area contributed by atoms with E-state index in [1.165, 1.54) is 0 Å². The van der Waals surface area contributed by atoms with Gasteiger partial charge in [0.25, 0.3) is 0 Å². The van der Waals surface area contributed by atoms with Crippen LogP contribution in [0.2, 0.25) is 0 Å². The van der Waals surface area contributed by atoms with Crippen molar-refractivity contribution in [3.05, 3.63) is 29.8 Å². The van der Waals surface area contributed by atoms with E-state index in [9.17, 15) is 9.90 Å². The molecule has 3 atom stereocenters. The minimum atomic E-state index is 0.0862. The quantitative estimate of drug-likeness (QED) is 0.880. The Morgan fingerprint density at radius 1 is 1.20 bits per heavy atom. The lowest BCUT2D eigenvalue weighted by Crippen LogP contribution is -2.53. The Bertz CT molecular complexity index is 623. The third-order valence-corrected chi connectivity index (χ3v) is 5.60. The standard InChI is InChI=1S/C19H26N2O4/c22-13-14-9-16-18(10-14)25-8-6-21(16)19(23)12-20-5-7-24-17-4-2-1-3-15(17)11-20/h1-4,14,16,18,22H,5-13H2/t14-,16+,18+/m1/s1. The van der Waals surface area contributed by atoms with Crippen molar-refractivity contribution in [3.8, 4) is 5.75 Å². The number of nitrogens with zero attached hydrogens (tertiary/aromatic N) is 2. The second-order valence-corrected chi connectivity index (χ2v) is 7.25. The number of morpholine rings is 1. The minimum Gasteiger partial charge on any atom is -0.492 e. The average molecular weight is 346 g/mol. The van der Waals surface area contributed by atoms with Crippen molar-refractivity contribution in [1.29, 1.82) is 0 Å². The van der Waals surface area contributed by atoms with Gasteiger partial charge in [-0.05, 0) is 24.8 Å². The number of aliphatic hydroxyl groups excluding tert-OH is 1. The molecule has 136 valence electrons. The smallest absolute Gasteiger partial charge is 0.237 e. The second-order valence-electron chi connectivity index (χ2n) is 7.25. The molecule has 0 bridgehead atoms. The molecule has 1 amide bonds. The minimum absolute atomic E-state index is 0.0862. The molecule has 0 spiro atoms. The van der Waals surface area contributed by atoms with Crippen molar-refractivity contribution in [2.45, 2.75) is 31.5 Å². The number of fused-ring (bicyclic) bond motifs is 2. The second kappa shape index (κ2) is 7.32. The SMILES string of the molecule is O=C(CN1CCOc2ccccc2C1)N1CCO[C@H]2C[C@H](CO)C[C@@H]21. The highest BCUT2D eigenvalue weighted by Gasteiger charge is 2.42. The zero-order valence-corrected chi connectivity index (χ0v) is 14.5. The van der Waals surface area contributed by atoms with E-state index in [1.54, 1.807) is 0 Å². The number of amides is 1. The summed E-state index contributed by atoms with van der Waals surface area (Å²) < 4.78 is 11.6. The summed E-state index contributed by atoms with van der Waals surface area (Å²) in [7, 11) is 0. The summed E-state index contributed by atoms with van der Waals surface area (Å²) in [4.78, 5) is 17.1. The monoisotopic (exact) mass is 346 g/mol. The van der Waals surface area contributed by atoms with Gasteiger partial charge in [-0.3, -0.25) is 9.69 Å². The first-order valence-corrected chi connectivity index (χ1v) is 9.19. The van der Waals surface area contributed by atoms with Crippen LogP contribution in [0.3, 0.4) is 0 Å². The number of benzene rings is 1. The van der Waals surface area contributed by atoms with Gasteiger partial charge >= 0.3 is 0 Å². The van der Waals surface area contributed by atoms with Crippen molar-refractivity contribution in [2.24, 2.45) is 5.92 Å². The number of carbonyl (C=O) groups is 1.